The van der Waals surface area contributed by atoms with Crippen LogP contribution in [0.15, 0.2) is 48.8 Å². The largest absolute Gasteiger partial charge is 0.508 e. The molecule has 2 aromatic carbocycles. The standard InChI is InChI=1S/C20H18F2N6O/c21-14-7-13(8-15(29)9-14)18-17-19(23)25-11-26-20(17)28(27-18)6-5-24-10-12-3-1-2-4-16(12)22/h1-4,7-9,11,24,29H,5-6,10H2,(H2,23,25,26). The number of fused-ring (bicyclic) bond motifs is 1. The fraction of sp³-hybridized carbons (Fsp3) is 0.150. The molecule has 7 nitrogen and oxygen atoms in total. The van der Waals surface area contributed by atoms with Crippen LogP contribution in [-0.2, 0) is 13.1 Å². The number of rotatable bonds is 6. The van der Waals surface area contributed by atoms with E-state index < -0.39 is 5.82 Å². The number of nitrogen functional groups attached to an aromatic ring is 1. The predicted octanol–water partition coefficient (Wildman–Crippen LogP) is 2.85. The number of anilines is 1. The second-order valence-corrected chi connectivity index (χ2v) is 6.50. The van der Waals surface area contributed by atoms with Crippen LogP contribution in [0, 0.1) is 11.6 Å². The van der Waals surface area contributed by atoms with Gasteiger partial charge < -0.3 is 16.2 Å². The van der Waals surface area contributed by atoms with E-state index in [1.54, 1.807) is 22.9 Å². The van der Waals surface area contributed by atoms with Crippen LogP contribution in [0.25, 0.3) is 22.3 Å². The monoisotopic (exact) mass is 396 g/mol. The second-order valence-electron chi connectivity index (χ2n) is 6.50. The Bertz CT molecular complexity index is 1160. The average Bonchev–Trinajstić information content (AvgIpc) is 3.06. The van der Waals surface area contributed by atoms with Gasteiger partial charge >= 0.3 is 0 Å². The molecule has 9 heteroatoms. The smallest absolute Gasteiger partial charge is 0.164 e. The first-order valence-electron chi connectivity index (χ1n) is 8.94. The molecular formula is C20H18F2N6O. The summed E-state index contributed by atoms with van der Waals surface area (Å²) in [5, 5.41) is 17.9. The van der Waals surface area contributed by atoms with Gasteiger partial charge in [-0.25, -0.2) is 23.4 Å². The Morgan fingerprint density at radius 3 is 2.72 bits per heavy atom. The van der Waals surface area contributed by atoms with E-state index >= 15 is 0 Å². The van der Waals surface area contributed by atoms with Crippen molar-refractivity contribution in [3.63, 3.8) is 0 Å². The van der Waals surface area contributed by atoms with Crippen molar-refractivity contribution < 1.29 is 13.9 Å². The molecule has 148 valence electrons. The Labute approximate surface area is 164 Å². The highest BCUT2D eigenvalue weighted by Crippen LogP contribution is 2.32. The van der Waals surface area contributed by atoms with Gasteiger partial charge in [0, 0.05) is 30.3 Å². The van der Waals surface area contributed by atoms with Gasteiger partial charge in [0.2, 0.25) is 0 Å². The van der Waals surface area contributed by atoms with Crippen molar-refractivity contribution in [1.82, 2.24) is 25.1 Å². The highest BCUT2D eigenvalue weighted by Gasteiger charge is 2.18. The van der Waals surface area contributed by atoms with Crippen LogP contribution in [0.1, 0.15) is 5.56 Å². The third-order valence-electron chi connectivity index (χ3n) is 4.49. The molecule has 0 spiro atoms. The third kappa shape index (κ3) is 3.85. The van der Waals surface area contributed by atoms with Crippen molar-refractivity contribution >= 4 is 16.9 Å². The molecule has 0 aliphatic carbocycles. The van der Waals surface area contributed by atoms with Crippen molar-refractivity contribution in [1.29, 1.82) is 0 Å². The maximum absolute atomic E-state index is 13.8. The number of nitrogens with one attached hydrogen (secondary N) is 1. The summed E-state index contributed by atoms with van der Waals surface area (Å²) in [4.78, 5) is 8.25. The summed E-state index contributed by atoms with van der Waals surface area (Å²) in [6.45, 7) is 1.28. The molecule has 0 radical (unpaired) electrons. The highest BCUT2D eigenvalue weighted by molar-refractivity contribution is 5.98. The van der Waals surface area contributed by atoms with Crippen LogP contribution in [0.2, 0.25) is 0 Å². The molecule has 0 atom stereocenters. The van der Waals surface area contributed by atoms with Crippen LogP contribution in [-0.4, -0.2) is 31.4 Å². The molecule has 2 aromatic heterocycles. The van der Waals surface area contributed by atoms with Gasteiger partial charge in [0.15, 0.2) is 5.65 Å². The first-order chi connectivity index (χ1) is 14.0. The molecule has 2 heterocycles. The molecule has 0 fully saturated rings. The summed E-state index contributed by atoms with van der Waals surface area (Å²) in [6, 6.07) is 10.2. The highest BCUT2D eigenvalue weighted by atomic mass is 19.1. The number of halogens is 2. The van der Waals surface area contributed by atoms with E-state index in [1.807, 2.05) is 0 Å². The van der Waals surface area contributed by atoms with E-state index in [0.717, 1.165) is 6.07 Å². The van der Waals surface area contributed by atoms with Crippen LogP contribution in [0.3, 0.4) is 0 Å². The zero-order chi connectivity index (χ0) is 20.4. The third-order valence-corrected chi connectivity index (χ3v) is 4.49. The van der Waals surface area contributed by atoms with Crippen LogP contribution in [0.4, 0.5) is 14.6 Å². The fourth-order valence-corrected chi connectivity index (χ4v) is 3.15. The zero-order valence-corrected chi connectivity index (χ0v) is 15.3. The summed E-state index contributed by atoms with van der Waals surface area (Å²) in [6.07, 6.45) is 1.33. The number of phenols is 1. The molecule has 29 heavy (non-hydrogen) atoms. The van der Waals surface area contributed by atoms with Gasteiger partial charge in [-0.3, -0.25) is 0 Å². The van der Waals surface area contributed by atoms with E-state index in [-0.39, 0.29) is 17.4 Å². The van der Waals surface area contributed by atoms with Gasteiger partial charge in [-0.1, -0.05) is 18.2 Å². The van der Waals surface area contributed by atoms with Crippen molar-refractivity contribution in [2.24, 2.45) is 0 Å². The first-order valence-corrected chi connectivity index (χ1v) is 8.94. The first kappa shape index (κ1) is 18.8. The van der Waals surface area contributed by atoms with Crippen molar-refractivity contribution in [3.05, 3.63) is 66.0 Å². The lowest BCUT2D eigenvalue weighted by atomic mass is 10.1. The summed E-state index contributed by atoms with van der Waals surface area (Å²) >= 11 is 0. The van der Waals surface area contributed by atoms with E-state index in [2.05, 4.69) is 20.4 Å². The van der Waals surface area contributed by atoms with Crippen molar-refractivity contribution in [3.8, 4) is 17.0 Å². The number of nitrogens with two attached hydrogens (primary N) is 1. The Hall–Kier alpha value is -3.59. The summed E-state index contributed by atoms with van der Waals surface area (Å²) in [5.41, 5.74) is 7.82. The number of aromatic nitrogens is 4. The number of nitrogens with zero attached hydrogens (tertiary/aromatic N) is 4. The van der Waals surface area contributed by atoms with Gasteiger partial charge in [-0.2, -0.15) is 5.10 Å². The molecule has 0 amide bonds. The fourth-order valence-electron chi connectivity index (χ4n) is 3.15. The minimum Gasteiger partial charge on any atom is -0.508 e. The SMILES string of the molecule is Nc1ncnc2c1c(-c1cc(O)cc(F)c1)nn2CCNCc1ccccc1F. The van der Waals surface area contributed by atoms with Gasteiger partial charge in [0.1, 0.15) is 35.2 Å². The Balaban J connectivity index is 1.60. The molecule has 4 N–H and O–H groups in total. The lowest BCUT2D eigenvalue weighted by molar-refractivity contribution is 0.469. The number of hydrogen-bond donors (Lipinski definition) is 3. The van der Waals surface area contributed by atoms with E-state index in [9.17, 15) is 13.9 Å². The maximum atomic E-state index is 13.8. The molecular weight excluding hydrogens is 378 g/mol. The molecule has 4 rings (SSSR count). The van der Waals surface area contributed by atoms with Crippen LogP contribution in [0.5, 0.6) is 5.75 Å². The van der Waals surface area contributed by atoms with Crippen LogP contribution >= 0.6 is 0 Å². The predicted molar refractivity (Wildman–Crippen MR) is 105 cm³/mol. The normalized spacial score (nSPS) is 11.2. The van der Waals surface area contributed by atoms with Crippen molar-refractivity contribution in [2.45, 2.75) is 13.1 Å². The number of hydrogen-bond acceptors (Lipinski definition) is 6. The van der Waals surface area contributed by atoms with E-state index in [4.69, 9.17) is 5.73 Å². The van der Waals surface area contributed by atoms with Gasteiger partial charge in [-0.05, 0) is 18.2 Å². The minimum absolute atomic E-state index is 0.208. The second kappa shape index (κ2) is 7.80. The van der Waals surface area contributed by atoms with Gasteiger partial charge in [0.05, 0.1) is 11.9 Å². The van der Waals surface area contributed by atoms with Crippen molar-refractivity contribution in [2.75, 3.05) is 12.3 Å². The average molecular weight is 396 g/mol. The maximum Gasteiger partial charge on any atom is 0.164 e. The molecule has 0 bridgehead atoms. The van der Waals surface area contributed by atoms with Crippen LogP contribution < -0.4 is 11.1 Å². The minimum atomic E-state index is -0.593. The topological polar surface area (TPSA) is 102 Å². The number of benzene rings is 2. The Morgan fingerprint density at radius 2 is 1.93 bits per heavy atom. The summed E-state index contributed by atoms with van der Waals surface area (Å²) < 4.78 is 29.1. The molecule has 4 aromatic rings. The van der Waals surface area contributed by atoms with Gasteiger partial charge in [-0.15, -0.1) is 0 Å². The number of phenolic OH excluding ortho intramolecular Hbond substituents is 1. The molecule has 0 saturated heterocycles. The molecule has 0 aliphatic rings. The Kier molecular flexibility index (Phi) is 5.05. The Morgan fingerprint density at radius 1 is 1.10 bits per heavy atom. The molecule has 0 aliphatic heterocycles. The summed E-state index contributed by atoms with van der Waals surface area (Å²) in [7, 11) is 0. The lowest BCUT2D eigenvalue weighted by Gasteiger charge is -2.06. The summed E-state index contributed by atoms with van der Waals surface area (Å²) in [5.74, 6) is -0.869. The number of aromatic hydroxyl groups is 1. The molecule has 0 unspecified atom stereocenters. The molecule has 0 saturated carbocycles. The zero-order valence-electron chi connectivity index (χ0n) is 15.3. The lowest BCUT2D eigenvalue weighted by Crippen LogP contribution is -2.20. The quantitative estimate of drug-likeness (QED) is 0.433. The van der Waals surface area contributed by atoms with Gasteiger partial charge in [0.25, 0.3) is 0 Å². The van der Waals surface area contributed by atoms with E-state index in [1.165, 1.54) is 24.5 Å². The van der Waals surface area contributed by atoms with E-state index in [0.29, 0.717) is 47.5 Å².